The van der Waals surface area contributed by atoms with E-state index in [1.807, 2.05) is 0 Å². The molecule has 0 aromatic heterocycles. The van der Waals surface area contributed by atoms with Crippen LogP contribution in [0.3, 0.4) is 0 Å². The summed E-state index contributed by atoms with van der Waals surface area (Å²) in [5.74, 6) is 0.685. The van der Waals surface area contributed by atoms with Crippen LogP contribution in [0.4, 0.5) is 0 Å². The van der Waals surface area contributed by atoms with Gasteiger partial charge in [0.25, 0.3) is 0 Å². The van der Waals surface area contributed by atoms with Gasteiger partial charge in [0.15, 0.2) is 0 Å². The first-order valence-corrected chi connectivity index (χ1v) is 7.15. The van der Waals surface area contributed by atoms with Gasteiger partial charge >= 0.3 is 0 Å². The van der Waals surface area contributed by atoms with Crippen molar-refractivity contribution >= 4 is 0 Å². The van der Waals surface area contributed by atoms with Gasteiger partial charge in [0, 0.05) is 0 Å². The minimum atomic E-state index is -0.301. The van der Waals surface area contributed by atoms with Crippen LogP contribution in [0.15, 0.2) is 0 Å². The minimum Gasteiger partial charge on any atom is -0.391 e. The molecule has 0 radical (unpaired) electrons. The van der Waals surface area contributed by atoms with Crippen LogP contribution in [-0.4, -0.2) is 23.4 Å². The molecule has 0 aromatic carbocycles. The van der Waals surface area contributed by atoms with Crippen molar-refractivity contribution in [3.63, 3.8) is 0 Å². The zero-order valence-electron chi connectivity index (χ0n) is 12.3. The Hall–Kier alpha value is -0.0800. The van der Waals surface area contributed by atoms with E-state index >= 15 is 0 Å². The molecule has 2 heteroatoms. The van der Waals surface area contributed by atoms with Crippen molar-refractivity contribution in [2.45, 2.75) is 78.4 Å². The number of aliphatic hydroxyl groups excluding tert-OH is 1. The highest BCUT2D eigenvalue weighted by Gasteiger charge is 2.47. The number of hydrogen-bond acceptors (Lipinski definition) is 2. The topological polar surface area (TPSA) is 29.5 Å². The lowest BCUT2D eigenvalue weighted by Gasteiger charge is -2.51. The van der Waals surface area contributed by atoms with Gasteiger partial charge in [-0.25, -0.2) is 0 Å². The Morgan fingerprint density at radius 3 is 2.59 bits per heavy atom. The Kier molecular flexibility index (Phi) is 5.03. The molecule has 0 spiro atoms. The summed E-state index contributed by atoms with van der Waals surface area (Å²) in [6.07, 6.45) is 5.20. The van der Waals surface area contributed by atoms with Gasteiger partial charge in [-0.1, -0.05) is 40.5 Å². The third kappa shape index (κ3) is 3.23. The molecule has 1 saturated carbocycles. The summed E-state index contributed by atoms with van der Waals surface area (Å²) in [4.78, 5) is 0. The molecule has 17 heavy (non-hydrogen) atoms. The second-order valence-electron chi connectivity index (χ2n) is 6.50. The smallest absolute Gasteiger partial charge is 0.0773 e. The summed E-state index contributed by atoms with van der Waals surface area (Å²) in [7, 11) is 0. The van der Waals surface area contributed by atoms with E-state index in [0.717, 1.165) is 19.3 Å². The van der Waals surface area contributed by atoms with E-state index in [0.29, 0.717) is 12.5 Å². The second-order valence-corrected chi connectivity index (χ2v) is 6.50. The number of rotatable bonds is 5. The SMILES string of the molecule is CCCC(O)COC1(C)CCCC(C)C1(C)C. The third-order valence-electron chi connectivity index (χ3n) is 5.10. The van der Waals surface area contributed by atoms with E-state index in [1.54, 1.807) is 0 Å². The molecule has 1 aliphatic rings. The highest BCUT2D eigenvalue weighted by molar-refractivity contribution is 4.98. The fourth-order valence-electron chi connectivity index (χ4n) is 2.90. The predicted molar refractivity (Wildman–Crippen MR) is 72.1 cm³/mol. The summed E-state index contributed by atoms with van der Waals surface area (Å²) in [6, 6.07) is 0. The normalized spacial score (nSPS) is 34.6. The summed E-state index contributed by atoms with van der Waals surface area (Å²) < 4.78 is 6.12. The summed E-state index contributed by atoms with van der Waals surface area (Å²) in [6.45, 7) is 11.7. The maximum absolute atomic E-state index is 9.81. The first-order chi connectivity index (χ1) is 7.83. The van der Waals surface area contributed by atoms with Crippen LogP contribution in [0.5, 0.6) is 0 Å². The van der Waals surface area contributed by atoms with Gasteiger partial charge in [0.2, 0.25) is 0 Å². The Labute approximate surface area is 107 Å². The quantitative estimate of drug-likeness (QED) is 0.795. The van der Waals surface area contributed by atoms with Crippen molar-refractivity contribution in [1.29, 1.82) is 0 Å². The molecule has 3 atom stereocenters. The number of hydrogen-bond donors (Lipinski definition) is 1. The van der Waals surface area contributed by atoms with Crippen molar-refractivity contribution in [2.75, 3.05) is 6.61 Å². The van der Waals surface area contributed by atoms with Gasteiger partial charge < -0.3 is 9.84 Å². The summed E-state index contributed by atoms with van der Waals surface area (Å²) >= 11 is 0. The summed E-state index contributed by atoms with van der Waals surface area (Å²) in [5.41, 5.74) is 0.108. The average molecular weight is 242 g/mol. The van der Waals surface area contributed by atoms with Crippen molar-refractivity contribution in [3.8, 4) is 0 Å². The molecule has 0 bridgehead atoms. The average Bonchev–Trinajstić information content (AvgIpc) is 2.24. The molecule has 0 aromatic rings. The van der Waals surface area contributed by atoms with Gasteiger partial charge in [0.05, 0.1) is 18.3 Å². The largest absolute Gasteiger partial charge is 0.391 e. The van der Waals surface area contributed by atoms with E-state index in [-0.39, 0.29) is 17.1 Å². The molecular weight excluding hydrogens is 212 g/mol. The van der Waals surface area contributed by atoms with E-state index < -0.39 is 0 Å². The van der Waals surface area contributed by atoms with Crippen LogP contribution < -0.4 is 0 Å². The molecule has 1 rings (SSSR count). The van der Waals surface area contributed by atoms with Crippen LogP contribution in [0.2, 0.25) is 0 Å². The molecule has 0 aliphatic heterocycles. The molecule has 1 N–H and O–H groups in total. The number of aliphatic hydroxyl groups is 1. The standard InChI is InChI=1S/C15H30O2/c1-6-8-13(16)11-17-15(5)10-7-9-12(2)14(15,3)4/h12-13,16H,6-11H2,1-5H3. The van der Waals surface area contributed by atoms with E-state index in [1.165, 1.54) is 12.8 Å². The van der Waals surface area contributed by atoms with E-state index in [4.69, 9.17) is 4.74 Å². The summed E-state index contributed by atoms with van der Waals surface area (Å²) in [5, 5.41) is 9.81. The first-order valence-electron chi connectivity index (χ1n) is 7.15. The first kappa shape index (κ1) is 15.0. The second kappa shape index (κ2) is 5.71. The zero-order valence-corrected chi connectivity index (χ0v) is 12.3. The number of ether oxygens (including phenoxy) is 1. The molecular formula is C15H30O2. The van der Waals surface area contributed by atoms with Gasteiger partial charge in [0.1, 0.15) is 0 Å². The van der Waals surface area contributed by atoms with Crippen LogP contribution in [-0.2, 0) is 4.74 Å². The van der Waals surface area contributed by atoms with Gasteiger partial charge in [-0.15, -0.1) is 0 Å². The highest BCUT2D eigenvalue weighted by Crippen LogP contribution is 2.49. The van der Waals surface area contributed by atoms with E-state index in [2.05, 4.69) is 34.6 Å². The maximum Gasteiger partial charge on any atom is 0.0773 e. The van der Waals surface area contributed by atoms with Crippen LogP contribution in [0.25, 0.3) is 0 Å². The lowest BCUT2D eigenvalue weighted by Crippen LogP contribution is -2.51. The zero-order chi connectivity index (χ0) is 13.1. The lowest BCUT2D eigenvalue weighted by atomic mass is 9.60. The maximum atomic E-state index is 9.81. The van der Waals surface area contributed by atoms with Gasteiger partial charge in [-0.3, -0.25) is 0 Å². The Morgan fingerprint density at radius 1 is 1.35 bits per heavy atom. The van der Waals surface area contributed by atoms with Gasteiger partial charge in [-0.05, 0) is 37.5 Å². The fraction of sp³-hybridized carbons (Fsp3) is 1.00. The van der Waals surface area contributed by atoms with E-state index in [9.17, 15) is 5.11 Å². The molecule has 3 unspecified atom stereocenters. The molecule has 2 nitrogen and oxygen atoms in total. The van der Waals surface area contributed by atoms with Crippen molar-refractivity contribution in [1.82, 2.24) is 0 Å². The Bertz CT molecular complexity index is 237. The van der Waals surface area contributed by atoms with Crippen molar-refractivity contribution in [3.05, 3.63) is 0 Å². The Balaban J connectivity index is 2.59. The molecule has 1 aliphatic carbocycles. The highest BCUT2D eigenvalue weighted by atomic mass is 16.5. The monoisotopic (exact) mass is 242 g/mol. The molecule has 0 amide bonds. The lowest BCUT2D eigenvalue weighted by molar-refractivity contribution is -0.169. The van der Waals surface area contributed by atoms with Crippen molar-refractivity contribution in [2.24, 2.45) is 11.3 Å². The molecule has 0 heterocycles. The van der Waals surface area contributed by atoms with Crippen LogP contribution in [0, 0.1) is 11.3 Å². The molecule has 0 saturated heterocycles. The van der Waals surface area contributed by atoms with Crippen LogP contribution in [0.1, 0.15) is 66.7 Å². The molecule has 102 valence electrons. The third-order valence-corrected chi connectivity index (χ3v) is 5.10. The van der Waals surface area contributed by atoms with Gasteiger partial charge in [-0.2, -0.15) is 0 Å². The fourth-order valence-corrected chi connectivity index (χ4v) is 2.90. The molecule has 1 fully saturated rings. The van der Waals surface area contributed by atoms with Crippen molar-refractivity contribution < 1.29 is 9.84 Å². The predicted octanol–water partition coefficient (Wildman–Crippen LogP) is 3.77. The Morgan fingerprint density at radius 2 is 2.00 bits per heavy atom. The van der Waals surface area contributed by atoms with Crippen LogP contribution >= 0.6 is 0 Å². The minimum absolute atomic E-state index is 0.0839.